The average molecular weight is 463 g/mol. The molecule has 1 N–H and O–H groups in total. The van der Waals surface area contributed by atoms with Gasteiger partial charge in [-0.2, -0.15) is 0 Å². The summed E-state index contributed by atoms with van der Waals surface area (Å²) in [4.78, 5) is 14.3. The third-order valence-electron chi connectivity index (χ3n) is 5.00. The van der Waals surface area contributed by atoms with Crippen LogP contribution in [0.2, 0.25) is 15.1 Å². The molecule has 3 unspecified atom stereocenters. The van der Waals surface area contributed by atoms with E-state index in [0.717, 1.165) is 16.0 Å². The Labute approximate surface area is 189 Å². The molecule has 1 fully saturated rings. The van der Waals surface area contributed by atoms with Gasteiger partial charge in [0, 0.05) is 32.4 Å². The molecule has 3 aromatic carbocycles. The Kier molecular flexibility index (Phi) is 6.53. The molecular formula is C23H18Cl3NOS. The van der Waals surface area contributed by atoms with Crippen molar-refractivity contribution >= 4 is 52.3 Å². The highest BCUT2D eigenvalue weighted by molar-refractivity contribution is 8.00. The maximum absolute atomic E-state index is 13.3. The van der Waals surface area contributed by atoms with Crippen molar-refractivity contribution in [3.8, 4) is 0 Å². The zero-order chi connectivity index (χ0) is 20.4. The van der Waals surface area contributed by atoms with Gasteiger partial charge in [0.2, 0.25) is 0 Å². The van der Waals surface area contributed by atoms with Gasteiger partial charge in [-0.3, -0.25) is 4.79 Å². The van der Waals surface area contributed by atoms with Gasteiger partial charge in [-0.25, -0.2) is 0 Å². The number of thioether (sulfide) groups is 1. The van der Waals surface area contributed by atoms with Gasteiger partial charge in [0.15, 0.2) is 0 Å². The molecule has 3 atom stereocenters. The Morgan fingerprint density at radius 1 is 0.793 bits per heavy atom. The fourth-order valence-corrected chi connectivity index (χ4v) is 5.42. The number of piperidine rings is 1. The van der Waals surface area contributed by atoms with Crippen molar-refractivity contribution in [1.29, 1.82) is 0 Å². The molecule has 3 aromatic rings. The number of hydrogen-bond donors (Lipinski definition) is 1. The lowest BCUT2D eigenvalue weighted by Crippen LogP contribution is -2.44. The third kappa shape index (κ3) is 4.65. The monoisotopic (exact) mass is 461 g/mol. The van der Waals surface area contributed by atoms with E-state index in [1.165, 1.54) is 11.8 Å². The van der Waals surface area contributed by atoms with Crippen molar-refractivity contribution in [3.05, 3.63) is 99.0 Å². The van der Waals surface area contributed by atoms with Crippen LogP contribution < -0.4 is 5.32 Å². The first-order valence-corrected chi connectivity index (χ1v) is 11.2. The van der Waals surface area contributed by atoms with Crippen LogP contribution >= 0.6 is 46.6 Å². The minimum atomic E-state index is -0.310. The van der Waals surface area contributed by atoms with Gasteiger partial charge in [0.1, 0.15) is 5.78 Å². The average Bonchev–Trinajstić information content (AvgIpc) is 2.72. The molecule has 0 saturated carbocycles. The minimum absolute atomic E-state index is 0.165. The summed E-state index contributed by atoms with van der Waals surface area (Å²) < 4.78 is 0. The van der Waals surface area contributed by atoms with E-state index in [4.69, 9.17) is 34.8 Å². The first-order valence-electron chi connectivity index (χ1n) is 9.23. The zero-order valence-corrected chi connectivity index (χ0v) is 18.4. The molecule has 6 heteroatoms. The van der Waals surface area contributed by atoms with Gasteiger partial charge in [0.05, 0.1) is 11.3 Å². The standard InChI is InChI=1S/C23H18Cl3NOS/c24-14-9-11-15(12-10-14)29-23-21(28)13-20(16-5-1-3-7-18(16)25)27-22(23)17-6-2-4-8-19(17)26/h1-12,20,22-23,27H,13H2. The summed E-state index contributed by atoms with van der Waals surface area (Å²) in [5.74, 6) is 0.165. The van der Waals surface area contributed by atoms with E-state index in [-0.39, 0.29) is 23.1 Å². The molecule has 1 heterocycles. The molecule has 148 valence electrons. The zero-order valence-electron chi connectivity index (χ0n) is 15.3. The lowest BCUT2D eigenvalue weighted by Gasteiger charge is -2.37. The lowest BCUT2D eigenvalue weighted by molar-refractivity contribution is -0.121. The molecule has 0 aromatic heterocycles. The summed E-state index contributed by atoms with van der Waals surface area (Å²) in [5.41, 5.74) is 1.83. The van der Waals surface area contributed by atoms with Crippen LogP contribution in [0.1, 0.15) is 29.6 Å². The fraction of sp³-hybridized carbons (Fsp3) is 0.174. The van der Waals surface area contributed by atoms with Crippen LogP contribution in [0.3, 0.4) is 0 Å². The Morgan fingerprint density at radius 2 is 1.38 bits per heavy atom. The van der Waals surface area contributed by atoms with Gasteiger partial charge < -0.3 is 5.32 Å². The number of benzene rings is 3. The highest BCUT2D eigenvalue weighted by atomic mass is 35.5. The lowest BCUT2D eigenvalue weighted by atomic mass is 9.88. The number of carbonyl (C=O) groups is 1. The van der Waals surface area contributed by atoms with Crippen molar-refractivity contribution in [2.24, 2.45) is 0 Å². The second-order valence-corrected chi connectivity index (χ2v) is 9.37. The summed E-state index contributed by atoms with van der Waals surface area (Å²) in [5, 5.41) is 5.29. The van der Waals surface area contributed by atoms with E-state index >= 15 is 0 Å². The normalized spacial score (nSPS) is 21.9. The van der Waals surface area contributed by atoms with Crippen molar-refractivity contribution < 1.29 is 4.79 Å². The number of ketones is 1. The van der Waals surface area contributed by atoms with E-state index < -0.39 is 0 Å². The fourth-order valence-electron chi connectivity index (χ4n) is 3.60. The number of carbonyl (C=O) groups excluding carboxylic acids is 1. The number of halogens is 3. The second kappa shape index (κ2) is 9.11. The molecule has 4 rings (SSSR count). The smallest absolute Gasteiger partial charge is 0.150 e. The topological polar surface area (TPSA) is 29.1 Å². The number of Topliss-reactive ketones (excluding diaryl/α,β-unsaturated/α-hetero) is 1. The predicted molar refractivity (Wildman–Crippen MR) is 122 cm³/mol. The number of nitrogens with one attached hydrogen (secondary N) is 1. The quantitative estimate of drug-likeness (QED) is 0.446. The van der Waals surface area contributed by atoms with Crippen LogP contribution in [0, 0.1) is 0 Å². The molecular weight excluding hydrogens is 445 g/mol. The summed E-state index contributed by atoms with van der Waals surface area (Å²) in [7, 11) is 0. The van der Waals surface area contributed by atoms with Crippen LogP contribution in [0.5, 0.6) is 0 Å². The van der Waals surface area contributed by atoms with Gasteiger partial charge >= 0.3 is 0 Å². The molecule has 2 nitrogen and oxygen atoms in total. The molecule has 1 aliphatic rings. The van der Waals surface area contributed by atoms with Gasteiger partial charge in [-0.05, 0) is 47.5 Å². The van der Waals surface area contributed by atoms with E-state index in [9.17, 15) is 4.79 Å². The molecule has 1 saturated heterocycles. The Hall–Kier alpha value is -1.49. The van der Waals surface area contributed by atoms with E-state index in [2.05, 4.69) is 5.32 Å². The van der Waals surface area contributed by atoms with Gasteiger partial charge in [-0.1, -0.05) is 71.2 Å². The second-order valence-electron chi connectivity index (χ2n) is 6.90. The predicted octanol–water partition coefficient (Wildman–Crippen LogP) is 7.15. The molecule has 1 aliphatic heterocycles. The van der Waals surface area contributed by atoms with Gasteiger partial charge in [-0.15, -0.1) is 11.8 Å². The summed E-state index contributed by atoms with van der Waals surface area (Å²) in [6, 6.07) is 22.4. The molecule has 0 aliphatic carbocycles. The van der Waals surface area contributed by atoms with Crippen molar-refractivity contribution in [1.82, 2.24) is 5.32 Å². The molecule has 0 bridgehead atoms. The van der Waals surface area contributed by atoms with Crippen molar-refractivity contribution in [2.45, 2.75) is 28.6 Å². The molecule has 29 heavy (non-hydrogen) atoms. The van der Waals surface area contributed by atoms with E-state index in [0.29, 0.717) is 21.5 Å². The first-order chi connectivity index (χ1) is 14.0. The Balaban J connectivity index is 1.70. The summed E-state index contributed by atoms with van der Waals surface area (Å²) in [6.45, 7) is 0. The molecule has 0 radical (unpaired) electrons. The van der Waals surface area contributed by atoms with Crippen LogP contribution in [0.4, 0.5) is 0 Å². The van der Waals surface area contributed by atoms with Crippen molar-refractivity contribution in [3.63, 3.8) is 0 Å². The largest absolute Gasteiger partial charge is 0.301 e. The summed E-state index contributed by atoms with van der Waals surface area (Å²) >= 11 is 20.5. The maximum atomic E-state index is 13.3. The first kappa shape index (κ1) is 20.8. The van der Waals surface area contributed by atoms with Crippen LogP contribution in [0.25, 0.3) is 0 Å². The van der Waals surface area contributed by atoms with Crippen LogP contribution in [-0.2, 0) is 4.79 Å². The highest BCUT2D eigenvalue weighted by Crippen LogP contribution is 2.42. The number of rotatable bonds is 4. The Morgan fingerprint density at radius 3 is 2.00 bits per heavy atom. The van der Waals surface area contributed by atoms with E-state index in [1.54, 1.807) is 0 Å². The Bertz CT molecular complexity index is 1020. The van der Waals surface area contributed by atoms with E-state index in [1.807, 2.05) is 72.8 Å². The molecule has 0 spiro atoms. The van der Waals surface area contributed by atoms with Gasteiger partial charge in [0.25, 0.3) is 0 Å². The van der Waals surface area contributed by atoms with Crippen molar-refractivity contribution in [2.75, 3.05) is 0 Å². The van der Waals surface area contributed by atoms with Crippen LogP contribution in [-0.4, -0.2) is 11.0 Å². The third-order valence-corrected chi connectivity index (χ3v) is 7.28. The number of hydrogen-bond acceptors (Lipinski definition) is 3. The minimum Gasteiger partial charge on any atom is -0.301 e. The summed E-state index contributed by atoms with van der Waals surface area (Å²) in [6.07, 6.45) is 0.371. The SMILES string of the molecule is O=C1CC(c2ccccc2Cl)NC(c2ccccc2Cl)C1Sc1ccc(Cl)cc1. The van der Waals surface area contributed by atoms with Crippen LogP contribution in [0.15, 0.2) is 77.7 Å². The maximum Gasteiger partial charge on any atom is 0.150 e. The molecule has 0 amide bonds. The highest BCUT2D eigenvalue weighted by Gasteiger charge is 2.39.